The molecular formula is C13H16BrN3O. The zero-order valence-corrected chi connectivity index (χ0v) is 11.6. The molecule has 1 aliphatic carbocycles. The molecule has 1 saturated carbocycles. The number of halogens is 1. The molecular weight excluding hydrogens is 294 g/mol. The van der Waals surface area contributed by atoms with Crippen molar-refractivity contribution in [1.82, 2.24) is 9.88 Å². The molecule has 1 aliphatic heterocycles. The largest absolute Gasteiger partial charge is 0.337 e. The van der Waals surface area contributed by atoms with Gasteiger partial charge in [-0.25, -0.2) is 4.98 Å². The van der Waals surface area contributed by atoms with Crippen molar-refractivity contribution >= 4 is 21.8 Å². The quantitative estimate of drug-likeness (QED) is 0.858. The fraction of sp³-hybridized carbons (Fsp3) is 0.538. The van der Waals surface area contributed by atoms with Crippen LogP contribution in [0.5, 0.6) is 0 Å². The fourth-order valence-electron chi connectivity index (χ4n) is 3.17. The minimum atomic E-state index is 0.0177. The summed E-state index contributed by atoms with van der Waals surface area (Å²) in [5.41, 5.74) is 6.59. The van der Waals surface area contributed by atoms with Crippen molar-refractivity contribution in [2.45, 2.75) is 18.9 Å². The number of nitrogens with zero attached hydrogens (tertiary/aromatic N) is 2. The van der Waals surface area contributed by atoms with E-state index in [9.17, 15) is 4.79 Å². The van der Waals surface area contributed by atoms with Crippen LogP contribution in [0.2, 0.25) is 0 Å². The number of hydrogen-bond acceptors (Lipinski definition) is 3. The molecule has 0 aromatic carbocycles. The van der Waals surface area contributed by atoms with E-state index in [1.54, 1.807) is 6.20 Å². The molecule has 2 N–H and O–H groups in total. The fourth-order valence-corrected chi connectivity index (χ4v) is 3.59. The Bertz CT molecular complexity index is 479. The smallest absolute Gasteiger partial charge is 0.273 e. The third-order valence-corrected chi connectivity index (χ3v) is 4.80. The Kier molecular flexibility index (Phi) is 3.11. The van der Waals surface area contributed by atoms with Gasteiger partial charge in [0, 0.05) is 29.8 Å². The van der Waals surface area contributed by atoms with E-state index >= 15 is 0 Å². The van der Waals surface area contributed by atoms with Crippen molar-refractivity contribution < 1.29 is 4.79 Å². The third kappa shape index (κ3) is 1.95. The molecule has 1 aromatic heterocycles. The molecule has 3 unspecified atom stereocenters. The van der Waals surface area contributed by atoms with Crippen molar-refractivity contribution in [3.63, 3.8) is 0 Å². The first-order valence-corrected chi connectivity index (χ1v) is 7.11. The van der Waals surface area contributed by atoms with Gasteiger partial charge in [-0.15, -0.1) is 0 Å². The molecule has 2 heterocycles. The lowest BCUT2D eigenvalue weighted by Crippen LogP contribution is -2.34. The van der Waals surface area contributed by atoms with Crippen LogP contribution >= 0.6 is 15.9 Å². The van der Waals surface area contributed by atoms with Gasteiger partial charge >= 0.3 is 0 Å². The summed E-state index contributed by atoms with van der Waals surface area (Å²) >= 11 is 3.38. The summed E-state index contributed by atoms with van der Waals surface area (Å²) in [4.78, 5) is 18.5. The Morgan fingerprint density at radius 1 is 1.44 bits per heavy atom. The molecule has 3 atom stereocenters. The second-order valence-electron chi connectivity index (χ2n) is 5.21. The minimum Gasteiger partial charge on any atom is -0.337 e. The van der Waals surface area contributed by atoms with Crippen LogP contribution in [0.4, 0.5) is 0 Å². The number of rotatable bonds is 1. The monoisotopic (exact) mass is 309 g/mol. The first-order valence-electron chi connectivity index (χ1n) is 6.32. The zero-order chi connectivity index (χ0) is 12.7. The Morgan fingerprint density at radius 2 is 2.28 bits per heavy atom. The van der Waals surface area contributed by atoms with Gasteiger partial charge in [-0.1, -0.05) is 0 Å². The maximum Gasteiger partial charge on any atom is 0.273 e. The predicted molar refractivity (Wildman–Crippen MR) is 72.0 cm³/mol. The number of carbonyl (C=O) groups is 1. The van der Waals surface area contributed by atoms with E-state index in [0.717, 1.165) is 30.4 Å². The standard InChI is InChI=1S/C13H16BrN3O/c14-10-2-1-5-16-12(10)13(18)17-6-8-3-4-11(15)9(8)7-17/h1-2,5,8-9,11H,3-4,6-7,15H2. The van der Waals surface area contributed by atoms with Gasteiger partial charge in [-0.3, -0.25) is 4.79 Å². The van der Waals surface area contributed by atoms with Crippen molar-refractivity contribution in [2.75, 3.05) is 13.1 Å². The highest BCUT2D eigenvalue weighted by molar-refractivity contribution is 9.10. The highest BCUT2D eigenvalue weighted by atomic mass is 79.9. The molecule has 5 heteroatoms. The summed E-state index contributed by atoms with van der Waals surface area (Å²) in [6.45, 7) is 1.62. The number of likely N-dealkylation sites (tertiary alicyclic amines) is 1. The average molecular weight is 310 g/mol. The van der Waals surface area contributed by atoms with Crippen LogP contribution in [-0.2, 0) is 0 Å². The molecule has 0 bridgehead atoms. The van der Waals surface area contributed by atoms with Crippen LogP contribution in [0.25, 0.3) is 0 Å². The maximum atomic E-state index is 12.4. The number of aromatic nitrogens is 1. The molecule has 3 rings (SSSR count). The van der Waals surface area contributed by atoms with E-state index in [1.165, 1.54) is 0 Å². The van der Waals surface area contributed by atoms with Crippen LogP contribution in [-0.4, -0.2) is 34.9 Å². The molecule has 1 saturated heterocycles. The van der Waals surface area contributed by atoms with Gasteiger partial charge in [-0.05, 0) is 52.7 Å². The summed E-state index contributed by atoms with van der Waals surface area (Å²) in [5, 5.41) is 0. The number of nitrogens with two attached hydrogens (primary N) is 1. The molecule has 96 valence electrons. The second kappa shape index (κ2) is 4.63. The lowest BCUT2D eigenvalue weighted by atomic mass is 9.98. The Hall–Kier alpha value is -0.940. The van der Waals surface area contributed by atoms with E-state index in [-0.39, 0.29) is 11.9 Å². The number of pyridine rings is 1. The minimum absolute atomic E-state index is 0.0177. The second-order valence-corrected chi connectivity index (χ2v) is 6.06. The van der Waals surface area contributed by atoms with Crippen molar-refractivity contribution in [3.05, 3.63) is 28.5 Å². The van der Waals surface area contributed by atoms with E-state index in [1.807, 2.05) is 17.0 Å². The number of carbonyl (C=O) groups excluding carboxylic acids is 1. The van der Waals surface area contributed by atoms with Crippen LogP contribution in [0.3, 0.4) is 0 Å². The molecule has 0 radical (unpaired) electrons. The maximum absolute atomic E-state index is 12.4. The molecule has 2 aliphatic rings. The summed E-state index contributed by atoms with van der Waals surface area (Å²) in [5.74, 6) is 1.09. The van der Waals surface area contributed by atoms with E-state index < -0.39 is 0 Å². The summed E-state index contributed by atoms with van der Waals surface area (Å²) in [6, 6.07) is 3.93. The number of hydrogen-bond donors (Lipinski definition) is 1. The third-order valence-electron chi connectivity index (χ3n) is 4.16. The molecule has 1 amide bonds. The topological polar surface area (TPSA) is 59.2 Å². The lowest BCUT2D eigenvalue weighted by Gasteiger charge is -2.18. The Labute approximate surface area is 115 Å². The van der Waals surface area contributed by atoms with Crippen molar-refractivity contribution in [1.29, 1.82) is 0 Å². The first kappa shape index (κ1) is 12.1. The molecule has 0 spiro atoms. The van der Waals surface area contributed by atoms with Crippen LogP contribution in [0, 0.1) is 11.8 Å². The van der Waals surface area contributed by atoms with Crippen molar-refractivity contribution in [3.8, 4) is 0 Å². The van der Waals surface area contributed by atoms with Gasteiger partial charge in [0.1, 0.15) is 5.69 Å². The van der Waals surface area contributed by atoms with Gasteiger partial charge in [-0.2, -0.15) is 0 Å². The van der Waals surface area contributed by atoms with E-state index in [0.29, 0.717) is 17.5 Å². The van der Waals surface area contributed by atoms with Gasteiger partial charge in [0.2, 0.25) is 0 Å². The molecule has 18 heavy (non-hydrogen) atoms. The number of amides is 1. The van der Waals surface area contributed by atoms with Crippen LogP contribution in [0.15, 0.2) is 22.8 Å². The average Bonchev–Trinajstić information content (AvgIpc) is 2.92. The SMILES string of the molecule is NC1CCC2CN(C(=O)c3ncccc3Br)CC12. The molecule has 4 nitrogen and oxygen atoms in total. The van der Waals surface area contributed by atoms with E-state index in [2.05, 4.69) is 20.9 Å². The summed E-state index contributed by atoms with van der Waals surface area (Å²) in [6.07, 6.45) is 3.91. The van der Waals surface area contributed by atoms with Crippen molar-refractivity contribution in [2.24, 2.45) is 17.6 Å². The Balaban J connectivity index is 1.78. The lowest BCUT2D eigenvalue weighted by molar-refractivity contribution is 0.0773. The van der Waals surface area contributed by atoms with E-state index in [4.69, 9.17) is 5.73 Å². The summed E-state index contributed by atoms with van der Waals surface area (Å²) < 4.78 is 0.761. The molecule has 2 fully saturated rings. The molecule has 1 aromatic rings. The normalized spacial score (nSPS) is 30.6. The van der Waals surface area contributed by atoms with Gasteiger partial charge in [0.25, 0.3) is 5.91 Å². The van der Waals surface area contributed by atoms with Gasteiger partial charge in [0.05, 0.1) is 0 Å². The predicted octanol–water partition coefficient (Wildman–Crippen LogP) is 1.65. The highest BCUT2D eigenvalue weighted by Gasteiger charge is 2.42. The zero-order valence-electron chi connectivity index (χ0n) is 10.1. The Morgan fingerprint density at radius 3 is 3.00 bits per heavy atom. The van der Waals surface area contributed by atoms with Gasteiger partial charge in [0.15, 0.2) is 0 Å². The number of fused-ring (bicyclic) bond motifs is 1. The first-order chi connectivity index (χ1) is 8.66. The van der Waals surface area contributed by atoms with Gasteiger partial charge < -0.3 is 10.6 Å². The highest BCUT2D eigenvalue weighted by Crippen LogP contribution is 2.37. The van der Waals surface area contributed by atoms with Crippen LogP contribution < -0.4 is 5.73 Å². The van der Waals surface area contributed by atoms with Crippen LogP contribution in [0.1, 0.15) is 23.3 Å². The summed E-state index contributed by atoms with van der Waals surface area (Å²) in [7, 11) is 0.